The lowest BCUT2D eigenvalue weighted by molar-refractivity contribution is 0.0161. The molecule has 0 aliphatic carbocycles. The summed E-state index contributed by atoms with van der Waals surface area (Å²) in [4.78, 5) is 2.41. The van der Waals surface area contributed by atoms with Crippen molar-refractivity contribution in [2.75, 3.05) is 46.5 Å². The highest BCUT2D eigenvalue weighted by atomic mass is 16.5. The van der Waals surface area contributed by atoms with Gasteiger partial charge in [0.25, 0.3) is 0 Å². The molecule has 2 aliphatic heterocycles. The first kappa shape index (κ1) is 11.3. The number of hydrogen-bond donors (Lipinski definition) is 1. The van der Waals surface area contributed by atoms with Gasteiger partial charge in [0.1, 0.15) is 0 Å². The van der Waals surface area contributed by atoms with E-state index < -0.39 is 0 Å². The molecule has 15 heavy (non-hydrogen) atoms. The number of likely N-dealkylation sites (N-methyl/N-ethyl adjacent to an activating group) is 1. The highest BCUT2D eigenvalue weighted by molar-refractivity contribution is 4.75. The van der Waals surface area contributed by atoms with Gasteiger partial charge in [0.05, 0.1) is 19.3 Å². The third-order valence-electron chi connectivity index (χ3n) is 3.34. The topological polar surface area (TPSA) is 33.7 Å². The monoisotopic (exact) mass is 214 g/mol. The Morgan fingerprint density at radius 2 is 2.33 bits per heavy atom. The Balaban J connectivity index is 1.63. The van der Waals surface area contributed by atoms with Crippen LogP contribution in [-0.2, 0) is 9.47 Å². The molecule has 0 aromatic heterocycles. The van der Waals surface area contributed by atoms with Crippen molar-refractivity contribution in [3.8, 4) is 0 Å². The van der Waals surface area contributed by atoms with Gasteiger partial charge < -0.3 is 19.7 Å². The number of morpholine rings is 1. The van der Waals surface area contributed by atoms with Crippen molar-refractivity contribution < 1.29 is 9.47 Å². The van der Waals surface area contributed by atoms with Crippen molar-refractivity contribution in [1.29, 1.82) is 0 Å². The second kappa shape index (κ2) is 5.80. The van der Waals surface area contributed by atoms with Gasteiger partial charge in [0.15, 0.2) is 0 Å². The van der Waals surface area contributed by atoms with Crippen molar-refractivity contribution in [2.24, 2.45) is 0 Å². The third kappa shape index (κ3) is 3.41. The molecule has 0 aromatic carbocycles. The van der Waals surface area contributed by atoms with Crippen LogP contribution in [0.25, 0.3) is 0 Å². The van der Waals surface area contributed by atoms with Gasteiger partial charge in [-0.1, -0.05) is 0 Å². The number of ether oxygens (including phenoxy) is 2. The van der Waals surface area contributed by atoms with Crippen LogP contribution in [0, 0.1) is 0 Å². The van der Waals surface area contributed by atoms with Crippen LogP contribution in [0.1, 0.15) is 12.8 Å². The normalized spacial score (nSPS) is 32.4. The summed E-state index contributed by atoms with van der Waals surface area (Å²) in [7, 11) is 2.19. The minimum Gasteiger partial charge on any atom is -0.380 e. The SMILES string of the molecule is CN(CCC1CNCCO1)C1CCOC1. The van der Waals surface area contributed by atoms with E-state index in [4.69, 9.17) is 9.47 Å². The van der Waals surface area contributed by atoms with E-state index in [1.165, 1.54) is 6.42 Å². The maximum atomic E-state index is 5.67. The Hall–Kier alpha value is -0.160. The molecular formula is C11H22N2O2. The van der Waals surface area contributed by atoms with E-state index in [9.17, 15) is 0 Å². The van der Waals surface area contributed by atoms with E-state index in [-0.39, 0.29) is 0 Å². The van der Waals surface area contributed by atoms with E-state index in [2.05, 4.69) is 17.3 Å². The van der Waals surface area contributed by atoms with Gasteiger partial charge in [-0.3, -0.25) is 0 Å². The van der Waals surface area contributed by atoms with Crippen LogP contribution in [-0.4, -0.2) is 63.5 Å². The van der Waals surface area contributed by atoms with Crippen LogP contribution in [0.15, 0.2) is 0 Å². The molecule has 88 valence electrons. The fraction of sp³-hybridized carbons (Fsp3) is 1.00. The summed E-state index contributed by atoms with van der Waals surface area (Å²) in [5.41, 5.74) is 0. The number of hydrogen-bond acceptors (Lipinski definition) is 4. The minimum atomic E-state index is 0.406. The van der Waals surface area contributed by atoms with Crippen LogP contribution in [0.2, 0.25) is 0 Å². The lowest BCUT2D eigenvalue weighted by Crippen LogP contribution is -2.41. The van der Waals surface area contributed by atoms with E-state index >= 15 is 0 Å². The van der Waals surface area contributed by atoms with Crippen molar-refractivity contribution in [1.82, 2.24) is 10.2 Å². The van der Waals surface area contributed by atoms with Crippen LogP contribution >= 0.6 is 0 Å². The quantitative estimate of drug-likeness (QED) is 0.719. The molecule has 2 unspecified atom stereocenters. The van der Waals surface area contributed by atoms with Gasteiger partial charge in [0.2, 0.25) is 0 Å². The summed E-state index contributed by atoms with van der Waals surface area (Å²) in [5, 5.41) is 3.36. The van der Waals surface area contributed by atoms with Crippen molar-refractivity contribution >= 4 is 0 Å². The molecule has 2 heterocycles. The van der Waals surface area contributed by atoms with E-state index in [0.29, 0.717) is 12.1 Å². The second-order valence-corrected chi connectivity index (χ2v) is 4.48. The Morgan fingerprint density at radius 1 is 1.40 bits per heavy atom. The average Bonchev–Trinajstić information content (AvgIpc) is 2.81. The van der Waals surface area contributed by atoms with Crippen molar-refractivity contribution in [3.05, 3.63) is 0 Å². The molecule has 0 saturated carbocycles. The molecule has 2 fully saturated rings. The highest BCUT2D eigenvalue weighted by Gasteiger charge is 2.21. The Morgan fingerprint density at radius 3 is 3.00 bits per heavy atom. The largest absolute Gasteiger partial charge is 0.380 e. The summed E-state index contributed by atoms with van der Waals surface area (Å²) in [6.07, 6.45) is 2.71. The van der Waals surface area contributed by atoms with Gasteiger partial charge in [-0.25, -0.2) is 0 Å². The first-order chi connectivity index (χ1) is 7.36. The maximum absolute atomic E-state index is 5.67. The lowest BCUT2D eigenvalue weighted by atomic mass is 10.2. The van der Waals surface area contributed by atoms with Crippen molar-refractivity contribution in [3.63, 3.8) is 0 Å². The number of nitrogens with zero attached hydrogens (tertiary/aromatic N) is 1. The van der Waals surface area contributed by atoms with Gasteiger partial charge in [-0.05, 0) is 19.9 Å². The Kier molecular flexibility index (Phi) is 4.38. The number of rotatable bonds is 4. The maximum Gasteiger partial charge on any atom is 0.0712 e. The molecule has 4 heteroatoms. The summed E-state index contributed by atoms with van der Waals surface area (Å²) in [5.74, 6) is 0. The fourth-order valence-electron chi connectivity index (χ4n) is 2.21. The zero-order valence-electron chi connectivity index (χ0n) is 9.58. The summed E-state index contributed by atoms with van der Waals surface area (Å²) < 4.78 is 11.1. The molecule has 0 radical (unpaired) electrons. The van der Waals surface area contributed by atoms with Crippen LogP contribution in [0.4, 0.5) is 0 Å². The van der Waals surface area contributed by atoms with Crippen LogP contribution in [0.5, 0.6) is 0 Å². The lowest BCUT2D eigenvalue weighted by Gasteiger charge is -2.28. The molecule has 2 saturated heterocycles. The number of nitrogens with one attached hydrogen (secondary N) is 1. The van der Waals surface area contributed by atoms with Crippen LogP contribution < -0.4 is 5.32 Å². The molecule has 0 spiro atoms. The predicted molar refractivity (Wildman–Crippen MR) is 59.1 cm³/mol. The molecule has 0 aromatic rings. The third-order valence-corrected chi connectivity index (χ3v) is 3.34. The molecule has 1 N–H and O–H groups in total. The average molecular weight is 214 g/mol. The fourth-order valence-corrected chi connectivity index (χ4v) is 2.21. The standard InChI is InChI=1S/C11H22N2O2/c1-13(10-3-6-14-9-10)5-2-11-8-12-4-7-15-11/h10-12H,2-9H2,1H3. The predicted octanol–water partition coefficient (Wildman–Crippen LogP) is 0.0856. The van der Waals surface area contributed by atoms with E-state index in [1.807, 2.05) is 0 Å². The van der Waals surface area contributed by atoms with Crippen LogP contribution in [0.3, 0.4) is 0 Å². The molecule has 0 bridgehead atoms. The molecule has 4 nitrogen and oxygen atoms in total. The molecular weight excluding hydrogens is 192 g/mol. The molecule has 0 amide bonds. The van der Waals surface area contributed by atoms with Crippen molar-refractivity contribution in [2.45, 2.75) is 25.0 Å². The minimum absolute atomic E-state index is 0.406. The Labute approximate surface area is 91.9 Å². The van der Waals surface area contributed by atoms with Gasteiger partial charge in [-0.15, -0.1) is 0 Å². The zero-order valence-corrected chi connectivity index (χ0v) is 9.58. The van der Waals surface area contributed by atoms with Gasteiger partial charge >= 0.3 is 0 Å². The molecule has 2 rings (SSSR count). The van der Waals surface area contributed by atoms with Gasteiger partial charge in [-0.2, -0.15) is 0 Å². The Bertz CT molecular complexity index is 177. The molecule has 2 atom stereocenters. The zero-order chi connectivity index (χ0) is 10.5. The summed E-state index contributed by atoms with van der Waals surface area (Å²) in [6.45, 7) is 5.82. The molecule has 2 aliphatic rings. The van der Waals surface area contributed by atoms with E-state index in [0.717, 1.165) is 45.9 Å². The first-order valence-corrected chi connectivity index (χ1v) is 5.96. The smallest absolute Gasteiger partial charge is 0.0712 e. The summed E-state index contributed by atoms with van der Waals surface area (Å²) in [6, 6.07) is 0.626. The van der Waals surface area contributed by atoms with Gasteiger partial charge in [0, 0.05) is 32.3 Å². The second-order valence-electron chi connectivity index (χ2n) is 4.48. The van der Waals surface area contributed by atoms with E-state index in [1.54, 1.807) is 0 Å². The highest BCUT2D eigenvalue weighted by Crippen LogP contribution is 2.12. The summed E-state index contributed by atoms with van der Waals surface area (Å²) >= 11 is 0. The first-order valence-electron chi connectivity index (χ1n) is 5.96.